The molecule has 0 amide bonds. The first kappa shape index (κ1) is 21.5. The molecule has 4 nitrogen and oxygen atoms in total. The van der Waals surface area contributed by atoms with Gasteiger partial charge in [-0.15, -0.1) is 0 Å². The fourth-order valence-electron chi connectivity index (χ4n) is 4.26. The van der Waals surface area contributed by atoms with E-state index in [0.717, 1.165) is 24.1 Å². The van der Waals surface area contributed by atoms with E-state index in [1.54, 1.807) is 4.90 Å². The van der Waals surface area contributed by atoms with Gasteiger partial charge in [0.05, 0.1) is 26.2 Å². The summed E-state index contributed by atoms with van der Waals surface area (Å²) in [5, 5.41) is 0. The summed E-state index contributed by atoms with van der Waals surface area (Å²) in [6, 6.07) is 19.4. The van der Waals surface area contributed by atoms with Crippen LogP contribution in [-0.2, 0) is 19.9 Å². The number of ether oxygens (including phenoxy) is 2. The van der Waals surface area contributed by atoms with Crippen LogP contribution in [0.1, 0.15) is 50.2 Å². The molecule has 1 aliphatic heterocycles. The van der Waals surface area contributed by atoms with Gasteiger partial charge in [-0.3, -0.25) is 0 Å². The van der Waals surface area contributed by atoms with Crippen molar-refractivity contribution in [2.75, 3.05) is 32.8 Å². The summed E-state index contributed by atoms with van der Waals surface area (Å²) in [4.78, 5) is 15.0. The Morgan fingerprint density at radius 2 is 1.45 bits per heavy atom. The molecule has 1 aliphatic rings. The van der Waals surface area contributed by atoms with Gasteiger partial charge in [-0.2, -0.15) is 0 Å². The number of hydrogen-bond donors (Lipinski definition) is 1. The molecule has 1 saturated heterocycles. The van der Waals surface area contributed by atoms with Gasteiger partial charge in [0, 0.05) is 13.0 Å². The van der Waals surface area contributed by atoms with Crippen LogP contribution in [0.2, 0.25) is 0 Å². The molecule has 156 valence electrons. The number of rotatable bonds is 9. The van der Waals surface area contributed by atoms with Crippen molar-refractivity contribution in [1.82, 2.24) is 0 Å². The number of nitrogens with one attached hydrogen (secondary N) is 1. The van der Waals surface area contributed by atoms with Crippen LogP contribution < -0.4 is 4.90 Å². The number of esters is 1. The Kier molecular flexibility index (Phi) is 8.26. The molecule has 0 bridgehead atoms. The Bertz CT molecular complexity index is 685. The highest BCUT2D eigenvalue weighted by Gasteiger charge is 2.44. The maximum Gasteiger partial charge on any atom is 0.347 e. The van der Waals surface area contributed by atoms with Crippen molar-refractivity contribution in [1.29, 1.82) is 0 Å². The molecule has 1 heterocycles. The molecule has 0 unspecified atom stereocenters. The molecule has 0 spiro atoms. The lowest BCUT2D eigenvalue weighted by atomic mass is 9.86. The van der Waals surface area contributed by atoms with Gasteiger partial charge in [0.15, 0.2) is 0 Å². The Balaban J connectivity index is 1.72. The topological polar surface area (TPSA) is 40.0 Å². The lowest BCUT2D eigenvalue weighted by Gasteiger charge is -2.32. The third-order valence-electron chi connectivity index (χ3n) is 5.73. The molecule has 2 aromatic rings. The summed E-state index contributed by atoms with van der Waals surface area (Å²) < 4.78 is 12.0. The average Bonchev–Trinajstić information content (AvgIpc) is 3.05. The fraction of sp³-hybridized carbons (Fsp3) is 0.480. The van der Waals surface area contributed by atoms with Crippen molar-refractivity contribution < 1.29 is 19.2 Å². The third kappa shape index (κ3) is 5.46. The SMILES string of the molecule is CCOC(C(=O)OCCC[NH+]1CCCCCC1)(c1ccccc1)c1ccccc1. The highest BCUT2D eigenvalue weighted by atomic mass is 16.6. The average molecular weight is 397 g/mol. The first-order valence-corrected chi connectivity index (χ1v) is 11.0. The summed E-state index contributed by atoms with van der Waals surface area (Å²) in [5.74, 6) is -0.331. The number of benzene rings is 2. The maximum atomic E-state index is 13.4. The molecule has 29 heavy (non-hydrogen) atoms. The van der Waals surface area contributed by atoms with Gasteiger partial charge in [-0.25, -0.2) is 4.79 Å². The molecule has 0 aliphatic carbocycles. The predicted octanol–water partition coefficient (Wildman–Crippen LogP) is 3.36. The van der Waals surface area contributed by atoms with E-state index in [0.29, 0.717) is 13.2 Å². The first-order chi connectivity index (χ1) is 14.3. The lowest BCUT2D eigenvalue weighted by molar-refractivity contribution is -0.899. The minimum atomic E-state index is -1.23. The molecule has 4 heteroatoms. The minimum absolute atomic E-state index is 0.331. The van der Waals surface area contributed by atoms with Crippen LogP contribution in [0.4, 0.5) is 0 Å². The standard InChI is InChI=1S/C25H33NO3/c1-2-29-25(22-14-7-5-8-15-22,23-16-9-6-10-17-23)24(27)28-21-13-20-26-18-11-3-4-12-19-26/h5-10,14-17H,2-4,11-13,18-21H2,1H3/p+1. The monoisotopic (exact) mass is 396 g/mol. The predicted molar refractivity (Wildman–Crippen MR) is 115 cm³/mol. The fourth-order valence-corrected chi connectivity index (χ4v) is 4.26. The summed E-state index contributed by atoms with van der Waals surface area (Å²) >= 11 is 0. The van der Waals surface area contributed by atoms with Gasteiger partial charge in [-0.05, 0) is 43.7 Å². The van der Waals surface area contributed by atoms with Crippen molar-refractivity contribution in [2.45, 2.75) is 44.6 Å². The smallest absolute Gasteiger partial charge is 0.347 e. The second-order valence-corrected chi connectivity index (χ2v) is 7.75. The summed E-state index contributed by atoms with van der Waals surface area (Å²) in [6.45, 7) is 6.30. The summed E-state index contributed by atoms with van der Waals surface area (Å²) in [7, 11) is 0. The van der Waals surface area contributed by atoms with Crippen LogP contribution >= 0.6 is 0 Å². The van der Waals surface area contributed by atoms with Crippen molar-refractivity contribution in [3.05, 3.63) is 71.8 Å². The summed E-state index contributed by atoms with van der Waals surface area (Å²) in [5.41, 5.74) is 0.375. The van der Waals surface area contributed by atoms with E-state index in [4.69, 9.17) is 9.47 Å². The minimum Gasteiger partial charge on any atom is -0.463 e. The van der Waals surface area contributed by atoms with Crippen LogP contribution in [0.25, 0.3) is 0 Å². The van der Waals surface area contributed by atoms with Crippen LogP contribution in [-0.4, -0.2) is 38.8 Å². The van der Waals surface area contributed by atoms with Crippen molar-refractivity contribution in [3.63, 3.8) is 0 Å². The van der Waals surface area contributed by atoms with Crippen LogP contribution in [0.3, 0.4) is 0 Å². The Morgan fingerprint density at radius 3 is 1.97 bits per heavy atom. The molecule has 0 aromatic heterocycles. The molecule has 0 saturated carbocycles. The van der Waals surface area contributed by atoms with Crippen molar-refractivity contribution in [2.24, 2.45) is 0 Å². The van der Waals surface area contributed by atoms with E-state index >= 15 is 0 Å². The highest BCUT2D eigenvalue weighted by molar-refractivity contribution is 5.85. The Labute approximate surface area is 174 Å². The zero-order valence-corrected chi connectivity index (χ0v) is 17.6. The van der Waals surface area contributed by atoms with E-state index in [1.807, 2.05) is 67.6 Å². The zero-order valence-electron chi connectivity index (χ0n) is 17.6. The number of likely N-dealkylation sites (tertiary alicyclic amines) is 1. The van der Waals surface area contributed by atoms with Gasteiger partial charge >= 0.3 is 5.97 Å². The second kappa shape index (κ2) is 11.1. The van der Waals surface area contributed by atoms with Crippen LogP contribution in [0.15, 0.2) is 60.7 Å². The molecule has 1 fully saturated rings. The third-order valence-corrected chi connectivity index (χ3v) is 5.73. The van der Waals surface area contributed by atoms with Crippen molar-refractivity contribution >= 4 is 5.97 Å². The molecule has 0 radical (unpaired) electrons. The molecule has 0 atom stereocenters. The number of carbonyl (C=O) groups excluding carboxylic acids is 1. The van der Waals surface area contributed by atoms with E-state index in [1.165, 1.54) is 38.8 Å². The quantitative estimate of drug-likeness (QED) is 0.522. The van der Waals surface area contributed by atoms with Gasteiger partial charge in [-0.1, -0.05) is 60.7 Å². The van der Waals surface area contributed by atoms with E-state index in [2.05, 4.69) is 0 Å². The van der Waals surface area contributed by atoms with Gasteiger partial charge in [0.1, 0.15) is 0 Å². The highest BCUT2D eigenvalue weighted by Crippen LogP contribution is 2.35. The zero-order chi connectivity index (χ0) is 20.4. The molecular weight excluding hydrogens is 362 g/mol. The molecule has 1 N–H and O–H groups in total. The first-order valence-electron chi connectivity index (χ1n) is 11.0. The van der Waals surface area contributed by atoms with E-state index in [9.17, 15) is 4.79 Å². The second-order valence-electron chi connectivity index (χ2n) is 7.75. The van der Waals surface area contributed by atoms with E-state index in [-0.39, 0.29) is 5.97 Å². The maximum absolute atomic E-state index is 13.4. The van der Waals surface area contributed by atoms with Gasteiger partial charge in [0.25, 0.3) is 0 Å². The largest absolute Gasteiger partial charge is 0.463 e. The normalized spacial score (nSPS) is 15.6. The molecule has 3 rings (SSSR count). The lowest BCUT2D eigenvalue weighted by Crippen LogP contribution is -3.11. The molecular formula is C25H34NO3+. The number of carbonyl (C=O) groups is 1. The van der Waals surface area contributed by atoms with Crippen LogP contribution in [0.5, 0.6) is 0 Å². The van der Waals surface area contributed by atoms with Crippen molar-refractivity contribution in [3.8, 4) is 0 Å². The Hall–Kier alpha value is -2.17. The van der Waals surface area contributed by atoms with Gasteiger partial charge in [0.2, 0.25) is 5.60 Å². The summed E-state index contributed by atoms with van der Waals surface area (Å²) in [6.07, 6.45) is 6.20. The van der Waals surface area contributed by atoms with Gasteiger partial charge < -0.3 is 14.4 Å². The van der Waals surface area contributed by atoms with Crippen LogP contribution in [0, 0.1) is 0 Å². The Morgan fingerprint density at radius 1 is 0.897 bits per heavy atom. The number of quaternary nitrogens is 1. The molecule has 2 aromatic carbocycles. The van der Waals surface area contributed by atoms with E-state index < -0.39 is 5.60 Å². The number of hydrogen-bond acceptors (Lipinski definition) is 3.